The van der Waals surface area contributed by atoms with Crippen LogP contribution in [0.1, 0.15) is 0 Å². The summed E-state index contributed by atoms with van der Waals surface area (Å²) in [6, 6.07) is 0. The summed E-state index contributed by atoms with van der Waals surface area (Å²) in [5.41, 5.74) is 0. The molecule has 0 nitrogen and oxygen atoms in total. The molecular formula is BInP2. The van der Waals surface area contributed by atoms with Crippen LogP contribution < -0.4 is 0 Å². The molecule has 0 radical (unpaired) electrons. The summed E-state index contributed by atoms with van der Waals surface area (Å²) in [7, 11) is 7.22. The van der Waals surface area contributed by atoms with E-state index in [2.05, 4.69) is 21.5 Å². The second-order valence-corrected chi connectivity index (χ2v) is 0. The third kappa shape index (κ3) is 9.20. The minimum absolute atomic E-state index is 1.04. The maximum atomic E-state index is 4.19. The Hall–Kier alpha value is 1.80. The fraction of sp³-hybridized carbons (Fsp3) is 0. The van der Waals surface area contributed by atoms with Crippen LogP contribution in [0.4, 0.5) is 0 Å². The number of hydrogen-bond acceptors (Lipinski definition) is 0. The minimum atomic E-state index is 1.04. The molecule has 0 aromatic carbocycles. The standard InChI is InChI=1S/BP.In.P/c1-2;;. The summed E-state index contributed by atoms with van der Waals surface area (Å²) in [5.74, 6) is 3.66. The molecule has 0 N–H and O–H groups in total. The summed E-state index contributed by atoms with van der Waals surface area (Å²) in [4.78, 5) is 0. The Bertz CT molecular complexity index is 21.5. The van der Waals surface area contributed by atoms with Crippen molar-refractivity contribution in [2.45, 2.75) is 0 Å². The molecule has 0 unspecified atom stereocenters. The van der Waals surface area contributed by atoms with Gasteiger partial charge in [0.2, 0.25) is 0 Å². The van der Waals surface area contributed by atoms with Gasteiger partial charge in [0.05, 0.1) is 0 Å². The van der Waals surface area contributed by atoms with Gasteiger partial charge in [-0.05, 0) is 0 Å². The van der Waals surface area contributed by atoms with Crippen molar-refractivity contribution in [3.63, 3.8) is 0 Å². The molecule has 4 heteroatoms. The number of rotatable bonds is 0. The average Bonchev–Trinajstić information content (AvgIpc) is 1.50. The summed E-state index contributed by atoms with van der Waals surface area (Å²) in [5, 5.41) is 0. The van der Waals surface area contributed by atoms with E-state index in [1.54, 1.807) is 0 Å². The molecule has 0 amide bonds. The van der Waals surface area contributed by atoms with Crippen LogP contribution in [0.15, 0.2) is 0 Å². The zero-order valence-electron chi connectivity index (χ0n) is 2.05. The van der Waals surface area contributed by atoms with E-state index in [1.807, 2.05) is 0 Å². The maximum absolute atomic E-state index is 4.19. The second-order valence-electron chi connectivity index (χ2n) is 0. The van der Waals surface area contributed by atoms with Gasteiger partial charge in [0.1, 0.15) is 0 Å². The van der Waals surface area contributed by atoms with Crippen molar-refractivity contribution >= 4 is 44.5 Å². The van der Waals surface area contributed by atoms with E-state index >= 15 is 0 Å². The van der Waals surface area contributed by atoms with Gasteiger partial charge in [0, 0.05) is 0 Å². The molecule has 0 bridgehead atoms. The third-order valence-electron chi connectivity index (χ3n) is 0. The van der Waals surface area contributed by atoms with Crippen molar-refractivity contribution < 1.29 is 0 Å². The van der Waals surface area contributed by atoms with E-state index in [-0.39, 0.29) is 0 Å². The molecule has 0 rings (SSSR count). The van der Waals surface area contributed by atoms with Crippen molar-refractivity contribution in [1.82, 2.24) is 0 Å². The van der Waals surface area contributed by atoms with Crippen LogP contribution in [0.25, 0.3) is 0 Å². The van der Waals surface area contributed by atoms with Crippen LogP contribution in [0, 0.1) is 0 Å². The molecule has 0 aliphatic rings. The molecule has 0 spiro atoms. The normalized spacial score (nSPS) is 2.50. The molecule has 4 heavy (non-hydrogen) atoms. The van der Waals surface area contributed by atoms with E-state index in [1.165, 1.54) is 0 Å². The van der Waals surface area contributed by atoms with E-state index in [4.69, 9.17) is 0 Å². The van der Waals surface area contributed by atoms with Gasteiger partial charge < -0.3 is 0 Å². The molecule has 0 aliphatic heterocycles. The van der Waals surface area contributed by atoms with Crippen LogP contribution in [0.5, 0.6) is 0 Å². The Morgan fingerprint density at radius 2 is 1.25 bits per heavy atom. The van der Waals surface area contributed by atoms with Gasteiger partial charge in [-0.2, -0.15) is 0 Å². The van der Waals surface area contributed by atoms with Gasteiger partial charge in [-0.3, -0.25) is 0 Å². The first-order valence-electron chi connectivity index (χ1n) is 0.516. The first-order chi connectivity index (χ1) is 2.00. The number of hydrogen-bond donors (Lipinski definition) is 0. The summed E-state index contributed by atoms with van der Waals surface area (Å²) < 4.78 is 0. The monoisotopic (exact) mass is 188 g/mol. The SMILES string of the molecule is B#P.[P]#[In]. The van der Waals surface area contributed by atoms with Gasteiger partial charge in [0.25, 0.3) is 0 Å². The van der Waals surface area contributed by atoms with E-state index in [0.717, 1.165) is 23.0 Å². The van der Waals surface area contributed by atoms with E-state index < -0.39 is 0 Å². The summed E-state index contributed by atoms with van der Waals surface area (Å²) in [6.07, 6.45) is 0. The third-order valence-corrected chi connectivity index (χ3v) is 0. The van der Waals surface area contributed by atoms with E-state index in [0.29, 0.717) is 0 Å². The Morgan fingerprint density at radius 1 is 1.25 bits per heavy atom. The molecule has 16 valence electrons. The molecular weight excluding hydrogens is 188 g/mol. The molecule has 0 aromatic heterocycles. The van der Waals surface area contributed by atoms with Crippen molar-refractivity contribution in [3.8, 4) is 0 Å². The molecule has 0 heterocycles. The zero-order valence-corrected chi connectivity index (χ0v) is 7.13. The zero-order chi connectivity index (χ0) is 4.00. The van der Waals surface area contributed by atoms with Crippen molar-refractivity contribution in [1.29, 1.82) is 0 Å². The molecule has 0 atom stereocenters. The molecule has 0 saturated carbocycles. The van der Waals surface area contributed by atoms with Gasteiger partial charge in [-0.25, -0.2) is 0 Å². The van der Waals surface area contributed by atoms with Gasteiger partial charge in [0.15, 0.2) is 0 Å². The predicted octanol–water partition coefficient (Wildman–Crippen LogP) is 0.961. The van der Waals surface area contributed by atoms with Crippen LogP contribution in [0.2, 0.25) is 0 Å². The topological polar surface area (TPSA) is 0 Å². The molecule has 0 aliphatic carbocycles. The summed E-state index contributed by atoms with van der Waals surface area (Å²) in [6.45, 7) is 0. The van der Waals surface area contributed by atoms with Crippen molar-refractivity contribution in [2.75, 3.05) is 0 Å². The first-order valence-corrected chi connectivity index (χ1v) is 5.97. The fourth-order valence-corrected chi connectivity index (χ4v) is 0. The molecule has 0 aromatic rings. The second kappa shape index (κ2) is 21.4. The van der Waals surface area contributed by atoms with Gasteiger partial charge in [-0.1, -0.05) is 0 Å². The van der Waals surface area contributed by atoms with Crippen LogP contribution in [-0.2, 0) is 0 Å². The van der Waals surface area contributed by atoms with Gasteiger partial charge in [-0.15, -0.1) is 0 Å². The van der Waals surface area contributed by atoms with Gasteiger partial charge >= 0.3 is 44.5 Å². The average molecular weight is 188 g/mol. The van der Waals surface area contributed by atoms with Crippen molar-refractivity contribution in [2.24, 2.45) is 0 Å². The Morgan fingerprint density at radius 3 is 1.25 bits per heavy atom. The van der Waals surface area contributed by atoms with E-state index in [9.17, 15) is 0 Å². The molecule has 0 fully saturated rings. The van der Waals surface area contributed by atoms with Crippen LogP contribution in [-0.4, -0.2) is 30.0 Å². The van der Waals surface area contributed by atoms with Crippen LogP contribution in [0.3, 0.4) is 0 Å². The Kier molecular flexibility index (Phi) is 49.6. The van der Waals surface area contributed by atoms with Crippen LogP contribution >= 0.6 is 14.4 Å². The quantitative estimate of drug-likeness (QED) is 0.392. The summed E-state index contributed by atoms with van der Waals surface area (Å²) >= 11 is 1.04. The fourth-order valence-electron chi connectivity index (χ4n) is 0. The molecule has 0 saturated heterocycles. The Labute approximate surface area is 44.5 Å². The predicted molar refractivity (Wildman–Crippen MR) is 25.3 cm³/mol. The Balaban J connectivity index is 0. The first kappa shape index (κ1) is 9.25. The van der Waals surface area contributed by atoms with Crippen molar-refractivity contribution in [3.05, 3.63) is 0 Å².